The van der Waals surface area contributed by atoms with Crippen LogP contribution in [0.4, 0.5) is 0 Å². The van der Waals surface area contributed by atoms with Crippen LogP contribution in [0.15, 0.2) is 6.20 Å². The molecule has 3 unspecified atom stereocenters. The lowest BCUT2D eigenvalue weighted by Gasteiger charge is -2.40. The van der Waals surface area contributed by atoms with Crippen molar-refractivity contribution in [3.05, 3.63) is 17.5 Å². The van der Waals surface area contributed by atoms with Crippen molar-refractivity contribution >= 4 is 11.8 Å². The van der Waals surface area contributed by atoms with Crippen molar-refractivity contribution in [1.29, 1.82) is 0 Å². The Bertz CT molecular complexity index is 467. The number of nitrogens with two attached hydrogens (primary N) is 1. The molecule has 0 spiro atoms. The molecule has 0 bridgehead atoms. The second kappa shape index (κ2) is 6.31. The van der Waals surface area contributed by atoms with Crippen LogP contribution in [0.25, 0.3) is 0 Å². The molecule has 1 fully saturated rings. The molecule has 0 aromatic carbocycles. The zero-order valence-electron chi connectivity index (χ0n) is 14.3. The fourth-order valence-corrected chi connectivity index (χ4v) is 4.63. The summed E-state index contributed by atoms with van der Waals surface area (Å²) in [5.41, 5.74) is 8.69. The predicted octanol–water partition coefficient (Wildman–Crippen LogP) is 2.54. The Morgan fingerprint density at radius 1 is 1.33 bits per heavy atom. The summed E-state index contributed by atoms with van der Waals surface area (Å²) in [5, 5.41) is 6.04. The molecule has 2 heterocycles. The molecule has 0 radical (unpaired) electrons. The molecule has 1 aliphatic heterocycles. The quantitative estimate of drug-likeness (QED) is 0.932. The van der Waals surface area contributed by atoms with Crippen LogP contribution in [0.2, 0.25) is 0 Å². The zero-order valence-corrected chi connectivity index (χ0v) is 15.1. The van der Waals surface area contributed by atoms with Gasteiger partial charge < -0.3 is 5.73 Å². The number of aryl methyl sites for hydroxylation is 1. The first-order valence-electron chi connectivity index (χ1n) is 7.86. The molecule has 5 heteroatoms. The summed E-state index contributed by atoms with van der Waals surface area (Å²) in [5.74, 6) is 0. The molecule has 0 amide bonds. The molecule has 1 aromatic rings. The van der Waals surface area contributed by atoms with Crippen molar-refractivity contribution in [3.8, 4) is 0 Å². The lowest BCUT2D eigenvalue weighted by molar-refractivity contribution is 0.197. The summed E-state index contributed by atoms with van der Waals surface area (Å²) in [6.07, 6.45) is 2.16. The van der Waals surface area contributed by atoms with Crippen LogP contribution in [0.3, 0.4) is 0 Å². The third kappa shape index (κ3) is 3.82. The van der Waals surface area contributed by atoms with Crippen molar-refractivity contribution in [3.63, 3.8) is 0 Å². The first kappa shape index (κ1) is 16.8. The van der Waals surface area contributed by atoms with E-state index in [1.807, 2.05) is 11.7 Å². The smallest absolute Gasteiger partial charge is 0.0726 e. The number of rotatable bonds is 3. The summed E-state index contributed by atoms with van der Waals surface area (Å²) >= 11 is 2.08. The molecular weight excluding hydrogens is 280 g/mol. The van der Waals surface area contributed by atoms with Gasteiger partial charge in [0, 0.05) is 54.4 Å². The molecule has 1 saturated heterocycles. The monoisotopic (exact) mass is 310 g/mol. The van der Waals surface area contributed by atoms with Crippen molar-refractivity contribution in [2.75, 3.05) is 19.6 Å². The van der Waals surface area contributed by atoms with Crippen molar-refractivity contribution < 1.29 is 0 Å². The molecule has 1 aliphatic rings. The lowest BCUT2D eigenvalue weighted by Crippen LogP contribution is -2.45. The van der Waals surface area contributed by atoms with E-state index in [0.29, 0.717) is 17.0 Å². The van der Waals surface area contributed by atoms with Crippen molar-refractivity contribution in [2.45, 2.75) is 56.6 Å². The summed E-state index contributed by atoms with van der Waals surface area (Å²) in [6, 6.07) is 0.277. The zero-order chi connectivity index (χ0) is 15.8. The van der Waals surface area contributed by atoms with Gasteiger partial charge in [-0.15, -0.1) is 0 Å². The highest BCUT2D eigenvalue weighted by Gasteiger charge is 2.32. The highest BCUT2D eigenvalue weighted by Crippen LogP contribution is 2.34. The number of hydrogen-bond donors (Lipinski definition) is 1. The Morgan fingerprint density at radius 3 is 2.38 bits per heavy atom. The van der Waals surface area contributed by atoms with Gasteiger partial charge in [0.15, 0.2) is 0 Å². The summed E-state index contributed by atoms with van der Waals surface area (Å²) in [4.78, 5) is 2.55. The largest absolute Gasteiger partial charge is 0.329 e. The molecule has 3 atom stereocenters. The molecule has 4 nitrogen and oxygen atoms in total. The average molecular weight is 311 g/mol. The first-order valence-corrected chi connectivity index (χ1v) is 8.80. The maximum absolute atomic E-state index is 6.16. The summed E-state index contributed by atoms with van der Waals surface area (Å²) in [7, 11) is 2.00. The van der Waals surface area contributed by atoms with E-state index in [2.05, 4.69) is 57.5 Å². The van der Waals surface area contributed by atoms with Gasteiger partial charge in [0.1, 0.15) is 0 Å². The minimum atomic E-state index is 0.0474. The molecular formula is C16H30N4S. The van der Waals surface area contributed by atoms with Crippen LogP contribution in [0.1, 0.15) is 51.9 Å². The van der Waals surface area contributed by atoms with E-state index in [0.717, 1.165) is 13.1 Å². The van der Waals surface area contributed by atoms with Crippen LogP contribution in [0.5, 0.6) is 0 Å². The minimum absolute atomic E-state index is 0.0474. The fourth-order valence-electron chi connectivity index (χ4n) is 3.28. The van der Waals surface area contributed by atoms with Gasteiger partial charge in [0.25, 0.3) is 0 Å². The molecule has 0 saturated carbocycles. The number of aromatic nitrogens is 2. The van der Waals surface area contributed by atoms with Gasteiger partial charge in [-0.05, 0) is 0 Å². The fraction of sp³-hybridized carbons (Fsp3) is 0.812. The van der Waals surface area contributed by atoms with Gasteiger partial charge in [-0.3, -0.25) is 9.58 Å². The van der Waals surface area contributed by atoms with Crippen LogP contribution >= 0.6 is 11.8 Å². The van der Waals surface area contributed by atoms with Gasteiger partial charge in [0.2, 0.25) is 0 Å². The van der Waals surface area contributed by atoms with Crippen LogP contribution in [-0.4, -0.2) is 44.8 Å². The van der Waals surface area contributed by atoms with E-state index >= 15 is 0 Å². The predicted molar refractivity (Wildman–Crippen MR) is 91.8 cm³/mol. The minimum Gasteiger partial charge on any atom is -0.329 e. The Labute approximate surface area is 133 Å². The molecule has 2 N–H and O–H groups in total. The maximum atomic E-state index is 6.16. The van der Waals surface area contributed by atoms with E-state index in [4.69, 9.17) is 10.8 Å². The highest BCUT2D eigenvalue weighted by atomic mass is 32.2. The molecule has 120 valence electrons. The number of thioether (sulfide) groups is 1. The second-order valence-electron chi connectivity index (χ2n) is 7.32. The van der Waals surface area contributed by atoms with E-state index < -0.39 is 0 Å². The topological polar surface area (TPSA) is 47.1 Å². The Morgan fingerprint density at radius 2 is 1.90 bits per heavy atom. The second-order valence-corrected chi connectivity index (χ2v) is 9.20. The third-order valence-electron chi connectivity index (χ3n) is 4.04. The highest BCUT2D eigenvalue weighted by molar-refractivity contribution is 8.00. The standard InChI is InChI=1S/C16H30N4S/c1-11-8-20(9-12(2)21-11)14(7-17)13-10-19(6)18-15(13)16(3,4)5/h10-12,14H,7-9,17H2,1-6H3. The van der Waals surface area contributed by atoms with Crippen LogP contribution in [0, 0.1) is 0 Å². The van der Waals surface area contributed by atoms with Crippen LogP contribution < -0.4 is 5.73 Å². The molecule has 1 aromatic heterocycles. The summed E-state index contributed by atoms with van der Waals surface area (Å²) in [6.45, 7) is 14.2. The number of hydrogen-bond acceptors (Lipinski definition) is 4. The number of nitrogens with zero attached hydrogens (tertiary/aromatic N) is 3. The lowest BCUT2D eigenvalue weighted by atomic mass is 9.87. The Hall–Kier alpha value is -0.520. The third-order valence-corrected chi connectivity index (χ3v) is 5.27. The van der Waals surface area contributed by atoms with Crippen LogP contribution in [-0.2, 0) is 12.5 Å². The van der Waals surface area contributed by atoms with Crippen molar-refractivity contribution in [1.82, 2.24) is 14.7 Å². The van der Waals surface area contributed by atoms with E-state index in [9.17, 15) is 0 Å². The first-order chi connectivity index (χ1) is 9.72. The van der Waals surface area contributed by atoms with Gasteiger partial charge in [-0.1, -0.05) is 34.6 Å². The molecule has 2 rings (SSSR count). The Kier molecular flexibility index (Phi) is 5.06. The van der Waals surface area contributed by atoms with E-state index in [-0.39, 0.29) is 11.5 Å². The Balaban J connectivity index is 2.33. The SMILES string of the molecule is CC1CN(C(CN)c2cn(C)nc2C(C)(C)C)CC(C)S1. The van der Waals surface area contributed by atoms with Crippen molar-refractivity contribution in [2.24, 2.45) is 12.8 Å². The van der Waals surface area contributed by atoms with E-state index in [1.54, 1.807) is 0 Å². The van der Waals surface area contributed by atoms with E-state index in [1.165, 1.54) is 11.3 Å². The van der Waals surface area contributed by atoms with Gasteiger partial charge in [0.05, 0.1) is 11.7 Å². The van der Waals surface area contributed by atoms with Gasteiger partial charge in [-0.25, -0.2) is 0 Å². The normalized spacial score (nSPS) is 26.0. The average Bonchev–Trinajstić information content (AvgIpc) is 2.71. The van der Waals surface area contributed by atoms with Gasteiger partial charge >= 0.3 is 0 Å². The summed E-state index contributed by atoms with van der Waals surface area (Å²) < 4.78 is 1.93. The maximum Gasteiger partial charge on any atom is 0.0726 e. The molecule has 21 heavy (non-hydrogen) atoms. The van der Waals surface area contributed by atoms with Gasteiger partial charge in [-0.2, -0.15) is 16.9 Å². The molecule has 0 aliphatic carbocycles.